The van der Waals surface area contributed by atoms with E-state index in [1.807, 2.05) is 12.3 Å². The quantitative estimate of drug-likeness (QED) is 0.902. The number of carbonyl (C=O) groups is 2. The second kappa shape index (κ2) is 6.39. The summed E-state index contributed by atoms with van der Waals surface area (Å²) in [6, 6.07) is 5.24. The molecule has 2 aromatic heterocycles. The number of nitrogens with one attached hydrogen (secondary N) is 1. The summed E-state index contributed by atoms with van der Waals surface area (Å²) in [5, 5.41) is 0. The van der Waals surface area contributed by atoms with Crippen molar-refractivity contribution in [3.8, 4) is 0 Å². The Hall–Kier alpha value is -2.02. The third-order valence-corrected chi connectivity index (χ3v) is 4.15. The Kier molecular flexibility index (Phi) is 4.33. The summed E-state index contributed by atoms with van der Waals surface area (Å²) in [5.41, 5.74) is 0.976. The van der Waals surface area contributed by atoms with E-state index in [1.54, 1.807) is 28.1 Å². The predicted octanol–water partition coefficient (Wildman–Crippen LogP) is 1.90. The number of hydrogen-bond donors (Lipinski definition) is 1. The van der Waals surface area contributed by atoms with Crippen molar-refractivity contribution in [2.45, 2.75) is 6.42 Å². The Morgan fingerprint density at radius 3 is 2.45 bits per heavy atom. The van der Waals surface area contributed by atoms with Gasteiger partial charge in [0.15, 0.2) is 10.4 Å². The number of amides is 2. The van der Waals surface area contributed by atoms with E-state index in [2.05, 4.69) is 20.9 Å². The molecule has 0 aromatic carbocycles. The van der Waals surface area contributed by atoms with Gasteiger partial charge in [-0.25, -0.2) is 0 Å². The van der Waals surface area contributed by atoms with E-state index in [9.17, 15) is 9.59 Å². The Bertz CT molecular complexity index is 657. The number of rotatable bonds is 3. The van der Waals surface area contributed by atoms with E-state index in [-0.39, 0.29) is 11.8 Å². The van der Waals surface area contributed by atoms with Crippen LogP contribution in [0, 0.1) is 0 Å². The number of aromatic amines is 1. The highest BCUT2D eigenvalue weighted by molar-refractivity contribution is 9.10. The Morgan fingerprint density at radius 2 is 1.86 bits per heavy atom. The lowest BCUT2D eigenvalue weighted by Gasteiger charge is -2.34. The Balaban J connectivity index is 1.54. The first kappa shape index (κ1) is 14.9. The van der Waals surface area contributed by atoms with Crippen molar-refractivity contribution in [2.24, 2.45) is 0 Å². The monoisotopic (exact) mass is 365 g/mol. The normalized spacial score (nSPS) is 15.1. The molecule has 0 spiro atoms. The van der Waals surface area contributed by atoms with Gasteiger partial charge in [0.2, 0.25) is 5.91 Å². The molecular formula is C15H16BrN3O3. The lowest BCUT2D eigenvalue weighted by molar-refractivity contribution is -0.131. The van der Waals surface area contributed by atoms with E-state index in [4.69, 9.17) is 4.42 Å². The van der Waals surface area contributed by atoms with Crippen LogP contribution in [-0.2, 0) is 11.2 Å². The third-order valence-electron chi connectivity index (χ3n) is 3.72. The van der Waals surface area contributed by atoms with Crippen LogP contribution in [0.25, 0.3) is 0 Å². The minimum absolute atomic E-state index is 0.0902. The summed E-state index contributed by atoms with van der Waals surface area (Å²) in [6.45, 7) is 2.15. The molecule has 3 heterocycles. The molecule has 22 heavy (non-hydrogen) atoms. The zero-order valence-corrected chi connectivity index (χ0v) is 13.5. The van der Waals surface area contributed by atoms with Crippen LogP contribution in [-0.4, -0.2) is 52.8 Å². The van der Waals surface area contributed by atoms with E-state index < -0.39 is 0 Å². The molecule has 1 fully saturated rings. The standard InChI is InChI=1S/C15H16BrN3O3/c16-13-2-1-12(22-13)15(21)19-7-5-18(6-8-19)14(20)9-11-3-4-17-10-11/h1-4,10,17H,5-9H2. The van der Waals surface area contributed by atoms with Gasteiger partial charge >= 0.3 is 0 Å². The molecule has 0 saturated carbocycles. The molecule has 6 nitrogen and oxygen atoms in total. The molecule has 1 aliphatic rings. The number of carbonyl (C=O) groups excluding carboxylic acids is 2. The fraction of sp³-hybridized carbons (Fsp3) is 0.333. The van der Waals surface area contributed by atoms with Gasteiger partial charge in [0.05, 0.1) is 6.42 Å². The van der Waals surface area contributed by atoms with Gasteiger partial charge in [-0.2, -0.15) is 0 Å². The van der Waals surface area contributed by atoms with Crippen molar-refractivity contribution in [1.82, 2.24) is 14.8 Å². The van der Waals surface area contributed by atoms with Crippen LogP contribution in [0.2, 0.25) is 0 Å². The topological polar surface area (TPSA) is 69.6 Å². The van der Waals surface area contributed by atoms with Crippen molar-refractivity contribution in [3.05, 3.63) is 46.6 Å². The second-order valence-corrected chi connectivity index (χ2v) is 5.95. The van der Waals surface area contributed by atoms with Crippen molar-refractivity contribution >= 4 is 27.7 Å². The van der Waals surface area contributed by atoms with Gasteiger partial charge in [-0.3, -0.25) is 9.59 Å². The number of piperazine rings is 1. The van der Waals surface area contributed by atoms with E-state index >= 15 is 0 Å². The average molecular weight is 366 g/mol. The van der Waals surface area contributed by atoms with Crippen LogP contribution >= 0.6 is 15.9 Å². The largest absolute Gasteiger partial charge is 0.444 e. The molecule has 0 radical (unpaired) electrons. The summed E-state index contributed by atoms with van der Waals surface area (Å²) in [5.74, 6) is 0.273. The number of nitrogens with zero attached hydrogens (tertiary/aromatic N) is 2. The van der Waals surface area contributed by atoms with Gasteiger partial charge in [-0.1, -0.05) is 0 Å². The molecule has 0 bridgehead atoms. The zero-order chi connectivity index (χ0) is 15.5. The molecule has 2 amide bonds. The van der Waals surface area contributed by atoms with Crippen LogP contribution in [0.4, 0.5) is 0 Å². The zero-order valence-electron chi connectivity index (χ0n) is 11.9. The average Bonchev–Trinajstić information content (AvgIpc) is 3.18. The molecular weight excluding hydrogens is 350 g/mol. The van der Waals surface area contributed by atoms with Gasteiger partial charge in [0.25, 0.3) is 5.91 Å². The SMILES string of the molecule is O=C(Cc1cc[nH]c1)N1CCN(C(=O)c2ccc(Br)o2)CC1. The fourth-order valence-corrected chi connectivity index (χ4v) is 2.81. The van der Waals surface area contributed by atoms with Crippen LogP contribution in [0.3, 0.4) is 0 Å². The molecule has 1 aliphatic heterocycles. The fourth-order valence-electron chi connectivity index (χ4n) is 2.50. The number of furan rings is 1. The lowest BCUT2D eigenvalue weighted by Crippen LogP contribution is -2.50. The van der Waals surface area contributed by atoms with Crippen molar-refractivity contribution in [3.63, 3.8) is 0 Å². The minimum Gasteiger partial charge on any atom is -0.444 e. The number of halogens is 1. The smallest absolute Gasteiger partial charge is 0.289 e. The first-order valence-corrected chi connectivity index (χ1v) is 7.87. The van der Waals surface area contributed by atoms with E-state index in [0.717, 1.165) is 5.56 Å². The highest BCUT2D eigenvalue weighted by Crippen LogP contribution is 2.17. The molecule has 0 aliphatic carbocycles. The maximum atomic E-state index is 12.2. The summed E-state index contributed by atoms with van der Waals surface area (Å²) in [6.07, 6.45) is 4.02. The van der Waals surface area contributed by atoms with E-state index in [0.29, 0.717) is 43.0 Å². The number of aromatic nitrogens is 1. The Labute approximate surface area is 136 Å². The molecule has 1 saturated heterocycles. The van der Waals surface area contributed by atoms with E-state index in [1.165, 1.54) is 0 Å². The second-order valence-electron chi connectivity index (χ2n) is 5.17. The van der Waals surface area contributed by atoms with Crippen LogP contribution in [0.15, 0.2) is 39.7 Å². The Morgan fingerprint density at radius 1 is 1.14 bits per heavy atom. The highest BCUT2D eigenvalue weighted by Gasteiger charge is 2.26. The minimum atomic E-state index is -0.136. The predicted molar refractivity (Wildman–Crippen MR) is 83.4 cm³/mol. The summed E-state index contributed by atoms with van der Waals surface area (Å²) in [7, 11) is 0. The molecule has 7 heteroatoms. The van der Waals surface area contributed by atoms with Crippen LogP contribution < -0.4 is 0 Å². The molecule has 3 rings (SSSR count). The maximum absolute atomic E-state index is 12.2. The summed E-state index contributed by atoms with van der Waals surface area (Å²) < 4.78 is 5.82. The van der Waals surface area contributed by atoms with Gasteiger partial charge in [0.1, 0.15) is 0 Å². The summed E-state index contributed by atoms with van der Waals surface area (Å²) >= 11 is 3.19. The molecule has 2 aromatic rings. The molecule has 116 valence electrons. The van der Waals surface area contributed by atoms with Crippen molar-refractivity contribution in [1.29, 1.82) is 0 Å². The maximum Gasteiger partial charge on any atom is 0.289 e. The van der Waals surface area contributed by atoms with Crippen LogP contribution in [0.5, 0.6) is 0 Å². The highest BCUT2D eigenvalue weighted by atomic mass is 79.9. The number of H-pyrrole nitrogens is 1. The molecule has 0 unspecified atom stereocenters. The first-order valence-electron chi connectivity index (χ1n) is 7.07. The van der Waals surface area contributed by atoms with Gasteiger partial charge in [-0.15, -0.1) is 0 Å². The van der Waals surface area contributed by atoms with Crippen LogP contribution in [0.1, 0.15) is 16.1 Å². The van der Waals surface area contributed by atoms with Gasteiger partial charge in [0, 0.05) is 38.6 Å². The first-order chi connectivity index (χ1) is 10.6. The third kappa shape index (κ3) is 3.24. The molecule has 1 N–H and O–H groups in total. The van der Waals surface area contributed by atoms with Crippen molar-refractivity contribution in [2.75, 3.05) is 26.2 Å². The van der Waals surface area contributed by atoms with Crippen molar-refractivity contribution < 1.29 is 14.0 Å². The van der Waals surface area contributed by atoms with Gasteiger partial charge < -0.3 is 19.2 Å². The lowest BCUT2D eigenvalue weighted by atomic mass is 10.2. The summed E-state index contributed by atoms with van der Waals surface area (Å²) in [4.78, 5) is 30.9. The molecule has 0 atom stereocenters. The number of hydrogen-bond acceptors (Lipinski definition) is 3. The van der Waals surface area contributed by atoms with Gasteiger partial charge in [-0.05, 0) is 39.7 Å².